The van der Waals surface area contributed by atoms with Crippen LogP contribution in [0.1, 0.15) is 31.2 Å². The third-order valence-electron chi connectivity index (χ3n) is 7.95. The van der Waals surface area contributed by atoms with Crippen molar-refractivity contribution in [2.24, 2.45) is 0 Å². The molecule has 1 aliphatic carbocycles. The second kappa shape index (κ2) is 9.78. The zero-order valence-corrected chi connectivity index (χ0v) is 24.2. The van der Waals surface area contributed by atoms with Crippen LogP contribution in [0.15, 0.2) is 23.4 Å². The number of imidazole rings is 1. The van der Waals surface area contributed by atoms with Crippen LogP contribution in [0.25, 0.3) is 16.3 Å². The van der Waals surface area contributed by atoms with E-state index in [1.54, 1.807) is 11.8 Å². The summed E-state index contributed by atoms with van der Waals surface area (Å²) in [5, 5.41) is 5.54. The molecule has 1 amide bonds. The molecule has 1 saturated carbocycles. The minimum Gasteiger partial charge on any atom is -0.366 e. The van der Waals surface area contributed by atoms with Gasteiger partial charge in [0.05, 0.1) is 17.4 Å². The number of likely N-dealkylation sites (tertiary alicyclic amines) is 1. The number of fused-ring (bicyclic) bond motifs is 1. The smallest absolute Gasteiger partial charge is 0.366 e. The first-order valence-corrected chi connectivity index (χ1v) is 15.5. The molecule has 3 aliphatic rings. The molecule has 1 atom stereocenters. The van der Waals surface area contributed by atoms with Gasteiger partial charge in [-0.2, -0.15) is 13.2 Å². The molecule has 3 aromatic heterocycles. The minimum absolute atomic E-state index is 0.0192. The molecule has 228 valence electrons. The van der Waals surface area contributed by atoms with Crippen molar-refractivity contribution in [2.45, 2.75) is 54.8 Å². The number of anilines is 1. The standard InChI is InChI=1S/C24H27F5N8O3S2/c1-22(3-4-22)33-42(39,40)14-11-15(16-12-30-18(37(16)13-14)19-31-32-21(41-19)24(27,28)29)35-7-9-36(10-8-35)20(38)17-23(25,26)5-6-34(17)2/h11-13,17,33H,3-10H2,1-2H3. The molecular weight excluding hydrogens is 607 g/mol. The molecule has 0 radical (unpaired) electrons. The van der Waals surface area contributed by atoms with Gasteiger partial charge in [0, 0.05) is 50.9 Å². The average molecular weight is 635 g/mol. The summed E-state index contributed by atoms with van der Waals surface area (Å²) in [5.41, 5.74) is 0.217. The van der Waals surface area contributed by atoms with Crippen LogP contribution in [0, 0.1) is 0 Å². The minimum atomic E-state index is -4.71. The number of piperazine rings is 1. The van der Waals surface area contributed by atoms with Crippen LogP contribution >= 0.6 is 11.3 Å². The Hall–Kier alpha value is -2.96. The monoisotopic (exact) mass is 634 g/mol. The Morgan fingerprint density at radius 3 is 2.36 bits per heavy atom. The number of rotatable bonds is 6. The van der Waals surface area contributed by atoms with Gasteiger partial charge >= 0.3 is 6.18 Å². The lowest BCUT2D eigenvalue weighted by Gasteiger charge is -2.38. The van der Waals surface area contributed by atoms with Gasteiger partial charge in [0.2, 0.25) is 20.9 Å². The lowest BCUT2D eigenvalue weighted by Crippen LogP contribution is -2.56. The first kappa shape index (κ1) is 29.1. The molecule has 1 unspecified atom stereocenters. The number of carbonyl (C=O) groups is 1. The van der Waals surface area contributed by atoms with Crippen LogP contribution in [0.3, 0.4) is 0 Å². The Kier molecular flexibility index (Phi) is 6.78. The number of hydrogen-bond acceptors (Lipinski definition) is 9. The normalized spacial score (nSPS) is 22.7. The van der Waals surface area contributed by atoms with E-state index in [1.165, 1.54) is 39.7 Å². The summed E-state index contributed by atoms with van der Waals surface area (Å²) in [7, 11) is -2.56. The zero-order chi connectivity index (χ0) is 30.2. The van der Waals surface area contributed by atoms with E-state index < -0.39 is 51.0 Å². The lowest BCUT2D eigenvalue weighted by atomic mass is 10.1. The molecule has 3 fully saturated rings. The first-order valence-electron chi connectivity index (χ1n) is 13.2. The molecule has 42 heavy (non-hydrogen) atoms. The van der Waals surface area contributed by atoms with Crippen LogP contribution < -0.4 is 9.62 Å². The zero-order valence-electron chi connectivity index (χ0n) is 22.5. The summed E-state index contributed by atoms with van der Waals surface area (Å²) < 4.78 is 99.3. The van der Waals surface area contributed by atoms with Gasteiger partial charge in [0.15, 0.2) is 16.9 Å². The van der Waals surface area contributed by atoms with Gasteiger partial charge in [-0.1, -0.05) is 11.3 Å². The number of aromatic nitrogens is 4. The van der Waals surface area contributed by atoms with Crippen LogP contribution in [-0.4, -0.2) is 101 Å². The number of sulfonamides is 1. The van der Waals surface area contributed by atoms with E-state index in [2.05, 4.69) is 19.9 Å². The lowest BCUT2D eigenvalue weighted by molar-refractivity contribution is -0.146. The Balaban J connectivity index is 1.34. The van der Waals surface area contributed by atoms with E-state index in [1.807, 2.05) is 0 Å². The van der Waals surface area contributed by atoms with Crippen LogP contribution in [0.2, 0.25) is 0 Å². The number of pyridine rings is 1. The molecule has 11 nitrogen and oxygen atoms in total. The highest BCUT2D eigenvalue weighted by Gasteiger charge is 2.53. The van der Waals surface area contributed by atoms with E-state index in [9.17, 15) is 35.2 Å². The summed E-state index contributed by atoms with van der Waals surface area (Å²) >= 11 is 0.284. The number of alkyl halides is 5. The third-order valence-corrected chi connectivity index (χ3v) is 10.5. The predicted molar refractivity (Wildman–Crippen MR) is 142 cm³/mol. The van der Waals surface area contributed by atoms with Crippen LogP contribution in [-0.2, 0) is 21.0 Å². The van der Waals surface area contributed by atoms with Crippen molar-refractivity contribution in [2.75, 3.05) is 44.7 Å². The number of likely N-dealkylation sites (N-methyl/N-ethyl adjacent to an activating group) is 1. The van der Waals surface area contributed by atoms with Gasteiger partial charge in [-0.25, -0.2) is 26.9 Å². The van der Waals surface area contributed by atoms with E-state index in [4.69, 9.17) is 0 Å². The maximum Gasteiger partial charge on any atom is 0.445 e. The fraction of sp³-hybridized carbons (Fsp3) is 0.583. The van der Waals surface area contributed by atoms with Crippen molar-refractivity contribution in [3.63, 3.8) is 0 Å². The molecule has 18 heteroatoms. The van der Waals surface area contributed by atoms with Crippen molar-refractivity contribution in [3.05, 3.63) is 23.5 Å². The highest BCUT2D eigenvalue weighted by Crippen LogP contribution is 2.39. The Bertz CT molecular complexity index is 1640. The molecule has 2 aliphatic heterocycles. The number of amides is 1. The second-order valence-electron chi connectivity index (χ2n) is 11.2. The molecule has 0 aromatic carbocycles. The topological polar surface area (TPSA) is 116 Å². The SMILES string of the molecule is CN1CCC(F)(F)C1C(=O)N1CCN(c2cc(S(=O)(=O)NC3(C)CC3)cn3c(-c4nnc(C(F)(F)F)s4)ncc23)CC1. The fourth-order valence-electron chi connectivity index (χ4n) is 5.34. The van der Waals surface area contributed by atoms with Crippen molar-refractivity contribution >= 4 is 38.5 Å². The number of nitrogens with one attached hydrogen (secondary N) is 1. The van der Waals surface area contributed by atoms with Gasteiger partial charge in [-0.15, -0.1) is 10.2 Å². The molecule has 2 saturated heterocycles. The second-order valence-corrected chi connectivity index (χ2v) is 13.8. The number of carbonyl (C=O) groups excluding carboxylic acids is 1. The molecule has 5 heterocycles. The summed E-state index contributed by atoms with van der Waals surface area (Å²) in [6, 6.07) is -0.0862. The quantitative estimate of drug-likeness (QED) is 0.412. The maximum absolute atomic E-state index is 14.4. The number of hydrogen-bond donors (Lipinski definition) is 1. The van der Waals surface area contributed by atoms with Crippen LogP contribution in [0.4, 0.5) is 27.6 Å². The van der Waals surface area contributed by atoms with Crippen molar-refractivity contribution in [3.8, 4) is 10.8 Å². The predicted octanol–water partition coefficient (Wildman–Crippen LogP) is 2.69. The number of halogens is 5. The van der Waals surface area contributed by atoms with Crippen LogP contribution in [0.5, 0.6) is 0 Å². The molecule has 1 N–H and O–H groups in total. The molecule has 0 bridgehead atoms. The van der Waals surface area contributed by atoms with Gasteiger partial charge in [-0.3, -0.25) is 14.1 Å². The Labute approximate surface area is 241 Å². The summed E-state index contributed by atoms with van der Waals surface area (Å²) in [5.74, 6) is -3.81. The van der Waals surface area contributed by atoms with Gasteiger partial charge < -0.3 is 9.80 Å². The Morgan fingerprint density at radius 2 is 1.79 bits per heavy atom. The highest BCUT2D eigenvalue weighted by molar-refractivity contribution is 7.89. The fourth-order valence-corrected chi connectivity index (χ4v) is 7.52. The molecular formula is C24H27F5N8O3S2. The molecule has 6 rings (SSSR count). The Morgan fingerprint density at radius 1 is 1.10 bits per heavy atom. The van der Waals surface area contributed by atoms with Gasteiger partial charge in [-0.05, 0) is 32.9 Å². The third kappa shape index (κ3) is 5.22. The van der Waals surface area contributed by atoms with E-state index in [0.717, 1.165) is 0 Å². The van der Waals surface area contributed by atoms with E-state index >= 15 is 0 Å². The average Bonchev–Trinajstić information content (AvgIpc) is 3.27. The first-order chi connectivity index (χ1) is 19.6. The highest BCUT2D eigenvalue weighted by atomic mass is 32.2. The number of nitrogens with zero attached hydrogens (tertiary/aromatic N) is 7. The summed E-state index contributed by atoms with van der Waals surface area (Å²) in [4.78, 5) is 21.7. The van der Waals surface area contributed by atoms with Gasteiger partial charge in [0.1, 0.15) is 4.90 Å². The van der Waals surface area contributed by atoms with E-state index in [-0.39, 0.29) is 59.8 Å². The summed E-state index contributed by atoms with van der Waals surface area (Å²) in [6.07, 6.45) is -1.10. The van der Waals surface area contributed by atoms with Crippen molar-refractivity contribution in [1.82, 2.24) is 34.1 Å². The van der Waals surface area contributed by atoms with Crippen molar-refractivity contribution in [1.29, 1.82) is 0 Å². The maximum atomic E-state index is 14.4. The van der Waals surface area contributed by atoms with E-state index in [0.29, 0.717) is 24.0 Å². The molecule has 0 spiro atoms. The van der Waals surface area contributed by atoms with Crippen molar-refractivity contribution < 1.29 is 35.2 Å². The largest absolute Gasteiger partial charge is 0.445 e. The van der Waals surface area contributed by atoms with Gasteiger partial charge in [0.25, 0.3) is 5.92 Å². The summed E-state index contributed by atoms with van der Waals surface area (Å²) in [6.45, 7) is 2.52. The molecule has 3 aromatic rings.